The van der Waals surface area contributed by atoms with Crippen LogP contribution >= 0.6 is 22.9 Å². The number of nitrogens with zero attached hydrogens (tertiary/aromatic N) is 2. The van der Waals surface area contributed by atoms with Crippen LogP contribution in [0, 0.1) is 0 Å². The van der Waals surface area contributed by atoms with Crippen LogP contribution in [0.25, 0.3) is 0 Å². The molecule has 0 N–H and O–H groups in total. The molecule has 3 rings (SSSR count). The Morgan fingerprint density at radius 2 is 2.05 bits per heavy atom. The third kappa shape index (κ3) is 2.02. The third-order valence-electron chi connectivity index (χ3n) is 2.93. The number of halogens is 1. The number of hydrogen-bond acceptors (Lipinski definition) is 5. The zero-order chi connectivity index (χ0) is 14.3. The van der Waals surface area contributed by atoms with Gasteiger partial charge in [0.15, 0.2) is 0 Å². The Labute approximate surface area is 124 Å². The van der Waals surface area contributed by atoms with Gasteiger partial charge in [0, 0.05) is 5.38 Å². The zero-order valence-electron chi connectivity index (χ0n) is 10.1. The average molecular weight is 329 g/mol. The maximum absolute atomic E-state index is 12.3. The lowest BCUT2D eigenvalue weighted by molar-refractivity contribution is 0.0865. The predicted molar refractivity (Wildman–Crippen MR) is 75.2 cm³/mol. The lowest BCUT2D eigenvalue weighted by Gasteiger charge is -2.12. The summed E-state index contributed by atoms with van der Waals surface area (Å²) in [5.74, 6) is -0.250. The van der Waals surface area contributed by atoms with E-state index in [4.69, 9.17) is 11.6 Å². The number of aromatic nitrogens is 1. The Morgan fingerprint density at radius 3 is 2.70 bits per heavy atom. The maximum atomic E-state index is 12.3. The van der Waals surface area contributed by atoms with Crippen LogP contribution in [-0.2, 0) is 22.4 Å². The molecule has 0 unspecified atom stereocenters. The van der Waals surface area contributed by atoms with Gasteiger partial charge < -0.3 is 0 Å². The van der Waals surface area contributed by atoms with Crippen LogP contribution in [0.5, 0.6) is 0 Å². The molecule has 2 heterocycles. The summed E-state index contributed by atoms with van der Waals surface area (Å²) in [7, 11) is -3.77. The second-order valence-corrected chi connectivity index (χ2v) is 7.22. The smallest absolute Gasteiger partial charge is 0.268 e. The Morgan fingerprint density at radius 1 is 1.30 bits per heavy atom. The standard InChI is InChI=1S/C12H9ClN2O3S2/c13-5-8-7-19-11(14-8)6-15-12(16)9-3-1-2-4-10(9)20(15,17)18/h1-4,7H,5-6H2. The Balaban J connectivity index is 1.98. The number of carbonyl (C=O) groups is 1. The number of thiazole rings is 1. The second kappa shape index (κ2) is 4.83. The lowest BCUT2D eigenvalue weighted by atomic mass is 10.2. The normalized spacial score (nSPS) is 16.4. The highest BCUT2D eigenvalue weighted by atomic mass is 35.5. The largest absolute Gasteiger partial charge is 0.269 e. The summed E-state index contributed by atoms with van der Waals surface area (Å²) in [5, 5.41) is 2.30. The first kappa shape index (κ1) is 13.5. The van der Waals surface area contributed by atoms with E-state index in [2.05, 4.69) is 4.98 Å². The molecule has 0 aliphatic carbocycles. The monoisotopic (exact) mass is 328 g/mol. The first-order chi connectivity index (χ1) is 9.54. The van der Waals surface area contributed by atoms with Crippen molar-refractivity contribution in [3.8, 4) is 0 Å². The molecule has 8 heteroatoms. The summed E-state index contributed by atoms with van der Waals surface area (Å²) >= 11 is 6.95. The second-order valence-electron chi connectivity index (χ2n) is 4.18. The summed E-state index contributed by atoms with van der Waals surface area (Å²) in [5.41, 5.74) is 0.884. The van der Waals surface area contributed by atoms with E-state index in [-0.39, 0.29) is 22.9 Å². The van der Waals surface area contributed by atoms with Gasteiger partial charge in [-0.1, -0.05) is 12.1 Å². The molecule has 0 radical (unpaired) electrons. The fourth-order valence-corrected chi connectivity index (χ4v) is 4.61. The van der Waals surface area contributed by atoms with Crippen molar-refractivity contribution in [1.82, 2.24) is 9.29 Å². The van der Waals surface area contributed by atoms with Crippen molar-refractivity contribution in [2.45, 2.75) is 17.3 Å². The van der Waals surface area contributed by atoms with E-state index in [0.717, 1.165) is 4.31 Å². The van der Waals surface area contributed by atoms with E-state index < -0.39 is 15.9 Å². The Bertz CT molecular complexity index is 786. The number of alkyl halides is 1. The molecule has 1 amide bonds. The molecule has 5 nitrogen and oxygen atoms in total. The van der Waals surface area contributed by atoms with Gasteiger partial charge in [-0.05, 0) is 12.1 Å². The fraction of sp³-hybridized carbons (Fsp3) is 0.167. The van der Waals surface area contributed by atoms with E-state index in [9.17, 15) is 13.2 Å². The van der Waals surface area contributed by atoms with Gasteiger partial charge >= 0.3 is 0 Å². The number of sulfonamides is 1. The van der Waals surface area contributed by atoms with Gasteiger partial charge in [-0.3, -0.25) is 4.79 Å². The summed E-state index contributed by atoms with van der Waals surface area (Å²) in [4.78, 5) is 16.4. The molecular weight excluding hydrogens is 320 g/mol. The summed E-state index contributed by atoms with van der Waals surface area (Å²) in [6.07, 6.45) is 0. The third-order valence-corrected chi connectivity index (χ3v) is 5.87. The van der Waals surface area contributed by atoms with E-state index in [1.54, 1.807) is 17.5 Å². The average Bonchev–Trinajstić information content (AvgIpc) is 2.97. The number of hydrogen-bond donors (Lipinski definition) is 0. The van der Waals surface area contributed by atoms with E-state index >= 15 is 0 Å². The molecule has 2 aromatic rings. The minimum Gasteiger partial charge on any atom is -0.268 e. The van der Waals surface area contributed by atoms with Gasteiger partial charge in [-0.15, -0.1) is 22.9 Å². The van der Waals surface area contributed by atoms with Crippen LogP contribution in [0.2, 0.25) is 0 Å². The zero-order valence-corrected chi connectivity index (χ0v) is 12.5. The summed E-state index contributed by atoms with van der Waals surface area (Å²) < 4.78 is 25.5. The number of fused-ring (bicyclic) bond motifs is 1. The number of benzene rings is 1. The van der Waals surface area contributed by atoms with Crippen molar-refractivity contribution >= 4 is 38.9 Å². The van der Waals surface area contributed by atoms with E-state index in [1.807, 2.05) is 0 Å². The summed E-state index contributed by atoms with van der Waals surface area (Å²) in [6, 6.07) is 6.20. The highest BCUT2D eigenvalue weighted by molar-refractivity contribution is 7.90. The van der Waals surface area contributed by atoms with Gasteiger partial charge in [0.2, 0.25) is 0 Å². The quantitative estimate of drug-likeness (QED) is 0.810. The topological polar surface area (TPSA) is 67.3 Å². The minimum absolute atomic E-state index is 0.0547. The molecule has 1 aliphatic rings. The molecule has 1 aromatic carbocycles. The number of carbonyl (C=O) groups excluding carboxylic acids is 1. The Kier molecular flexibility index (Phi) is 3.27. The van der Waals surface area contributed by atoms with Crippen LogP contribution in [0.3, 0.4) is 0 Å². The van der Waals surface area contributed by atoms with Crippen molar-refractivity contribution < 1.29 is 13.2 Å². The lowest BCUT2D eigenvalue weighted by Crippen LogP contribution is -2.29. The van der Waals surface area contributed by atoms with Gasteiger partial charge in [-0.2, -0.15) is 0 Å². The molecule has 0 atom stereocenters. The van der Waals surface area contributed by atoms with Crippen LogP contribution < -0.4 is 0 Å². The van der Waals surface area contributed by atoms with Crippen LogP contribution in [0.15, 0.2) is 34.5 Å². The van der Waals surface area contributed by atoms with Gasteiger partial charge in [0.1, 0.15) is 9.90 Å². The SMILES string of the molecule is O=C1c2ccccc2S(=O)(=O)N1Cc1nc(CCl)cs1. The predicted octanol–water partition coefficient (Wildman–Crippen LogP) is 2.23. The molecule has 1 aromatic heterocycles. The number of rotatable bonds is 3. The minimum atomic E-state index is -3.77. The first-order valence-corrected chi connectivity index (χ1v) is 8.55. The van der Waals surface area contributed by atoms with Crippen molar-refractivity contribution in [3.05, 3.63) is 45.9 Å². The molecule has 0 fully saturated rings. The van der Waals surface area contributed by atoms with Gasteiger partial charge in [0.05, 0.1) is 23.7 Å². The molecule has 0 saturated carbocycles. The van der Waals surface area contributed by atoms with Crippen molar-refractivity contribution in [2.75, 3.05) is 0 Å². The molecule has 0 bridgehead atoms. The fourth-order valence-electron chi connectivity index (χ4n) is 1.99. The highest BCUT2D eigenvalue weighted by Crippen LogP contribution is 2.31. The summed E-state index contributed by atoms with van der Waals surface area (Å²) in [6.45, 7) is -0.0581. The highest BCUT2D eigenvalue weighted by Gasteiger charge is 2.41. The first-order valence-electron chi connectivity index (χ1n) is 5.69. The Hall–Kier alpha value is -1.44. The van der Waals surface area contributed by atoms with Crippen LogP contribution in [0.1, 0.15) is 21.1 Å². The van der Waals surface area contributed by atoms with E-state index in [0.29, 0.717) is 10.7 Å². The molecular formula is C12H9ClN2O3S2. The van der Waals surface area contributed by atoms with Crippen LogP contribution in [0.4, 0.5) is 0 Å². The molecule has 0 spiro atoms. The molecule has 1 aliphatic heterocycles. The maximum Gasteiger partial charge on any atom is 0.269 e. The van der Waals surface area contributed by atoms with E-state index in [1.165, 1.54) is 23.5 Å². The van der Waals surface area contributed by atoms with Crippen molar-refractivity contribution in [1.29, 1.82) is 0 Å². The van der Waals surface area contributed by atoms with Gasteiger partial charge in [-0.25, -0.2) is 17.7 Å². The molecule has 0 saturated heterocycles. The molecule has 20 heavy (non-hydrogen) atoms. The van der Waals surface area contributed by atoms with Crippen LogP contribution in [-0.4, -0.2) is 23.6 Å². The molecule has 104 valence electrons. The van der Waals surface area contributed by atoms with Crippen molar-refractivity contribution in [2.24, 2.45) is 0 Å². The van der Waals surface area contributed by atoms with Gasteiger partial charge in [0.25, 0.3) is 15.9 Å². The number of amides is 1. The van der Waals surface area contributed by atoms with Crippen molar-refractivity contribution in [3.63, 3.8) is 0 Å².